The molecule has 0 aliphatic rings. The fourth-order valence-corrected chi connectivity index (χ4v) is 1.35. The van der Waals surface area contributed by atoms with Crippen molar-refractivity contribution in [3.63, 3.8) is 0 Å². The SMILES string of the molecule is O=C[CH2][Sn][CH2]C=O. The van der Waals surface area contributed by atoms with E-state index in [-0.39, 0.29) is 0 Å². The predicted octanol–water partition coefficient (Wildman–Crippen LogP) is -0.0750. The third kappa shape index (κ3) is 6.14. The van der Waals surface area contributed by atoms with E-state index in [0.29, 0.717) is 8.87 Å². The average molecular weight is 205 g/mol. The molecule has 38 valence electrons. The monoisotopic (exact) mass is 206 g/mol. The number of carbonyl (C=O) groups excluding carboxylic acids is 2. The second-order valence-corrected chi connectivity index (χ2v) is 4.75. The first-order valence-corrected chi connectivity index (χ1v) is 6.03. The van der Waals surface area contributed by atoms with E-state index in [1.807, 2.05) is 0 Å². The Labute approximate surface area is 52.5 Å². The molecule has 0 saturated heterocycles. The van der Waals surface area contributed by atoms with E-state index >= 15 is 0 Å². The predicted molar refractivity (Wildman–Crippen MR) is 27.5 cm³/mol. The van der Waals surface area contributed by atoms with Crippen molar-refractivity contribution in [2.45, 2.75) is 8.87 Å². The molecule has 3 heteroatoms. The van der Waals surface area contributed by atoms with E-state index < -0.39 is 21.1 Å². The van der Waals surface area contributed by atoms with Crippen LogP contribution in [0.2, 0.25) is 8.87 Å². The molecule has 0 saturated carbocycles. The molecule has 2 nitrogen and oxygen atoms in total. The number of hydrogen-bond donors (Lipinski definition) is 0. The Kier molecular flexibility index (Phi) is 6.26. The molecule has 0 aromatic carbocycles. The van der Waals surface area contributed by atoms with Crippen LogP contribution in [0.3, 0.4) is 0 Å². The van der Waals surface area contributed by atoms with Gasteiger partial charge in [0.25, 0.3) is 0 Å². The van der Waals surface area contributed by atoms with E-state index in [1.54, 1.807) is 0 Å². The molecule has 0 fully saturated rings. The van der Waals surface area contributed by atoms with Gasteiger partial charge in [0.15, 0.2) is 0 Å². The van der Waals surface area contributed by atoms with Crippen LogP contribution in [-0.2, 0) is 9.59 Å². The standard InChI is InChI=1S/2C2H3O.Sn/c2*1-2-3;/h2*2H,1H2;. The maximum atomic E-state index is 9.61. The molecule has 0 heterocycles. The normalized spacial score (nSPS) is 8.00. The summed E-state index contributed by atoms with van der Waals surface area (Å²) in [6.07, 6.45) is 1.80. The van der Waals surface area contributed by atoms with Gasteiger partial charge in [-0.1, -0.05) is 0 Å². The second-order valence-electron chi connectivity index (χ2n) is 0.992. The molecule has 0 atom stereocenters. The van der Waals surface area contributed by atoms with Crippen molar-refractivity contribution in [1.82, 2.24) is 0 Å². The first-order chi connectivity index (χ1) is 3.41. The summed E-state index contributed by atoms with van der Waals surface area (Å²) in [5.74, 6) is 0. The van der Waals surface area contributed by atoms with Crippen molar-refractivity contribution < 1.29 is 9.59 Å². The molecule has 0 aromatic rings. The molecule has 0 spiro atoms. The fourth-order valence-electron chi connectivity index (χ4n) is 0.201. The molecule has 0 aliphatic heterocycles. The molecule has 0 bridgehead atoms. The summed E-state index contributed by atoms with van der Waals surface area (Å²) in [6, 6.07) is 0. The molecular formula is C4H6O2Sn. The van der Waals surface area contributed by atoms with Gasteiger partial charge in [-0.3, -0.25) is 0 Å². The summed E-state index contributed by atoms with van der Waals surface area (Å²) in [6.45, 7) is 0. The van der Waals surface area contributed by atoms with Gasteiger partial charge in [-0.05, 0) is 0 Å². The zero-order valence-electron chi connectivity index (χ0n) is 3.89. The van der Waals surface area contributed by atoms with Crippen molar-refractivity contribution >= 4 is 33.7 Å². The summed E-state index contributed by atoms with van der Waals surface area (Å²) in [4.78, 5) is 19.2. The molecule has 0 N–H and O–H groups in total. The van der Waals surface area contributed by atoms with Crippen LogP contribution in [0.1, 0.15) is 0 Å². The van der Waals surface area contributed by atoms with Crippen LogP contribution >= 0.6 is 0 Å². The van der Waals surface area contributed by atoms with Crippen LogP contribution in [0.25, 0.3) is 0 Å². The molecule has 0 aliphatic carbocycles. The third-order valence-electron chi connectivity index (χ3n) is 0.455. The van der Waals surface area contributed by atoms with Gasteiger partial charge >= 0.3 is 52.2 Å². The molecule has 0 amide bonds. The topological polar surface area (TPSA) is 34.1 Å². The van der Waals surface area contributed by atoms with E-state index in [1.165, 1.54) is 0 Å². The number of carbonyl (C=O) groups is 2. The van der Waals surface area contributed by atoms with Crippen molar-refractivity contribution in [3.05, 3.63) is 0 Å². The van der Waals surface area contributed by atoms with Crippen molar-refractivity contribution in [2.24, 2.45) is 0 Å². The van der Waals surface area contributed by atoms with E-state index in [0.717, 1.165) is 12.6 Å². The summed E-state index contributed by atoms with van der Waals surface area (Å²) >= 11 is -0.555. The van der Waals surface area contributed by atoms with Gasteiger partial charge in [-0.25, -0.2) is 0 Å². The number of rotatable bonds is 4. The summed E-state index contributed by atoms with van der Waals surface area (Å²) in [5.41, 5.74) is 0. The number of hydrogen-bond acceptors (Lipinski definition) is 2. The van der Waals surface area contributed by atoms with Gasteiger partial charge in [0.2, 0.25) is 0 Å². The molecular weight excluding hydrogens is 199 g/mol. The first kappa shape index (κ1) is 7.14. The van der Waals surface area contributed by atoms with Gasteiger partial charge in [0, 0.05) is 0 Å². The molecule has 0 aromatic heterocycles. The molecule has 0 rings (SSSR count). The van der Waals surface area contributed by atoms with E-state index in [2.05, 4.69) is 0 Å². The Morgan fingerprint density at radius 2 is 1.57 bits per heavy atom. The van der Waals surface area contributed by atoms with Crippen molar-refractivity contribution in [2.75, 3.05) is 0 Å². The van der Waals surface area contributed by atoms with Crippen LogP contribution < -0.4 is 0 Å². The second kappa shape index (κ2) is 6.14. The third-order valence-corrected chi connectivity index (χ3v) is 3.05. The van der Waals surface area contributed by atoms with Crippen LogP contribution in [0.4, 0.5) is 0 Å². The summed E-state index contributed by atoms with van der Waals surface area (Å²) in [5, 5.41) is 0. The average Bonchev–Trinajstić information content (AvgIpc) is 1.69. The quantitative estimate of drug-likeness (QED) is 0.365. The van der Waals surface area contributed by atoms with Crippen molar-refractivity contribution in [3.8, 4) is 0 Å². The minimum absolute atomic E-state index is 0.555. The van der Waals surface area contributed by atoms with Crippen LogP contribution in [-0.4, -0.2) is 33.7 Å². The zero-order chi connectivity index (χ0) is 5.54. The van der Waals surface area contributed by atoms with Crippen molar-refractivity contribution in [1.29, 1.82) is 0 Å². The fraction of sp³-hybridized carbons (Fsp3) is 0.500. The Hall–Kier alpha value is 0.139. The van der Waals surface area contributed by atoms with Crippen LogP contribution in [0, 0.1) is 0 Å². The molecule has 0 unspecified atom stereocenters. The minimum atomic E-state index is -0.555. The zero-order valence-corrected chi connectivity index (χ0v) is 6.74. The molecule has 2 radical (unpaired) electrons. The first-order valence-electron chi connectivity index (χ1n) is 2.00. The van der Waals surface area contributed by atoms with Gasteiger partial charge in [-0.15, -0.1) is 0 Å². The maximum absolute atomic E-state index is 9.61. The van der Waals surface area contributed by atoms with Gasteiger partial charge in [0.05, 0.1) is 0 Å². The Morgan fingerprint density at radius 1 is 1.14 bits per heavy atom. The Balaban J connectivity index is 2.68. The molecule has 7 heavy (non-hydrogen) atoms. The van der Waals surface area contributed by atoms with E-state index in [4.69, 9.17) is 0 Å². The Bertz CT molecular complexity index is 54.7. The Morgan fingerprint density at radius 3 is 1.86 bits per heavy atom. The van der Waals surface area contributed by atoms with Gasteiger partial charge < -0.3 is 0 Å². The van der Waals surface area contributed by atoms with E-state index in [9.17, 15) is 9.59 Å². The van der Waals surface area contributed by atoms with Gasteiger partial charge in [0.1, 0.15) is 0 Å². The van der Waals surface area contributed by atoms with Gasteiger partial charge in [-0.2, -0.15) is 0 Å². The van der Waals surface area contributed by atoms with Crippen LogP contribution in [0.5, 0.6) is 0 Å². The van der Waals surface area contributed by atoms with Crippen LogP contribution in [0.15, 0.2) is 0 Å². The summed E-state index contributed by atoms with van der Waals surface area (Å²) < 4.78 is 1.37. The summed E-state index contributed by atoms with van der Waals surface area (Å²) in [7, 11) is 0. The number of aldehydes is 2.